The van der Waals surface area contributed by atoms with Crippen molar-refractivity contribution >= 4 is 40.5 Å². The first-order chi connectivity index (χ1) is 13.8. The van der Waals surface area contributed by atoms with E-state index in [9.17, 15) is 23.2 Å². The summed E-state index contributed by atoms with van der Waals surface area (Å²) < 4.78 is 32.4. The number of amidine groups is 1. The maximum Gasteiger partial charge on any atom is 0.327 e. The SMILES string of the molecule is CC(C)(C)OC(=O)CN1N=C(C(N)=O)C2N=C(NC(=O)N3CCCC(F)(F)C3)SC21. The van der Waals surface area contributed by atoms with E-state index in [4.69, 9.17) is 10.5 Å². The number of hydrogen-bond donors (Lipinski definition) is 2. The first kappa shape index (κ1) is 22.2. The van der Waals surface area contributed by atoms with Gasteiger partial charge in [-0.3, -0.25) is 19.9 Å². The zero-order valence-corrected chi connectivity index (χ0v) is 17.7. The summed E-state index contributed by atoms with van der Waals surface area (Å²) >= 11 is 1.06. The fourth-order valence-corrected chi connectivity index (χ4v) is 4.38. The molecule has 1 fully saturated rings. The van der Waals surface area contributed by atoms with Gasteiger partial charge in [0.1, 0.15) is 23.6 Å². The number of amides is 3. The van der Waals surface area contributed by atoms with Crippen LogP contribution in [0.4, 0.5) is 13.6 Å². The molecule has 0 aromatic rings. The second kappa shape index (κ2) is 8.00. The van der Waals surface area contributed by atoms with Gasteiger partial charge >= 0.3 is 12.0 Å². The number of likely N-dealkylation sites (tertiary alicyclic amines) is 1. The quantitative estimate of drug-likeness (QED) is 0.615. The van der Waals surface area contributed by atoms with Crippen LogP contribution in [-0.4, -0.2) is 81.3 Å². The fraction of sp³-hybridized carbons (Fsp3) is 0.706. The van der Waals surface area contributed by atoms with Crippen LogP contribution in [0.5, 0.6) is 0 Å². The van der Waals surface area contributed by atoms with Crippen molar-refractivity contribution in [3.8, 4) is 0 Å². The number of rotatable bonds is 3. The summed E-state index contributed by atoms with van der Waals surface area (Å²) in [5.74, 6) is -4.28. The Morgan fingerprint density at radius 2 is 2.07 bits per heavy atom. The van der Waals surface area contributed by atoms with E-state index in [-0.39, 0.29) is 36.8 Å². The highest BCUT2D eigenvalue weighted by Crippen LogP contribution is 2.35. The number of carbonyl (C=O) groups is 3. The lowest BCUT2D eigenvalue weighted by atomic mass is 10.1. The molecule has 3 aliphatic rings. The molecular weight excluding hydrogens is 422 g/mol. The molecule has 3 aliphatic heterocycles. The summed E-state index contributed by atoms with van der Waals surface area (Å²) in [6, 6.07) is -1.48. The number of esters is 1. The van der Waals surface area contributed by atoms with Crippen LogP contribution in [0.2, 0.25) is 0 Å². The molecule has 10 nitrogen and oxygen atoms in total. The summed E-state index contributed by atoms with van der Waals surface area (Å²) in [6.45, 7) is 4.48. The minimum absolute atomic E-state index is 0.0511. The van der Waals surface area contributed by atoms with Crippen molar-refractivity contribution < 1.29 is 27.9 Å². The third kappa shape index (κ3) is 5.18. The number of carbonyl (C=O) groups excluding carboxylic acids is 3. The number of halogens is 2. The van der Waals surface area contributed by atoms with Gasteiger partial charge in [-0.05, 0) is 27.2 Å². The number of primary amides is 1. The van der Waals surface area contributed by atoms with Crippen LogP contribution in [0.25, 0.3) is 0 Å². The van der Waals surface area contributed by atoms with Gasteiger partial charge in [-0.25, -0.2) is 18.6 Å². The van der Waals surface area contributed by atoms with Crippen LogP contribution in [0.15, 0.2) is 10.1 Å². The van der Waals surface area contributed by atoms with Crippen LogP contribution >= 0.6 is 11.8 Å². The van der Waals surface area contributed by atoms with Crippen LogP contribution < -0.4 is 11.1 Å². The molecule has 3 N–H and O–H groups in total. The summed E-state index contributed by atoms with van der Waals surface area (Å²) in [4.78, 5) is 41.6. The van der Waals surface area contributed by atoms with Crippen molar-refractivity contribution in [2.24, 2.45) is 15.8 Å². The van der Waals surface area contributed by atoms with Gasteiger partial charge in [0.25, 0.3) is 11.8 Å². The minimum Gasteiger partial charge on any atom is -0.459 e. The van der Waals surface area contributed by atoms with Gasteiger partial charge in [0.15, 0.2) is 10.9 Å². The van der Waals surface area contributed by atoms with Gasteiger partial charge in [0.2, 0.25) is 0 Å². The van der Waals surface area contributed by atoms with Gasteiger partial charge in [0, 0.05) is 13.0 Å². The molecule has 0 bridgehead atoms. The van der Waals surface area contributed by atoms with Crippen LogP contribution in [-0.2, 0) is 14.3 Å². The van der Waals surface area contributed by atoms with Gasteiger partial charge in [-0.15, -0.1) is 0 Å². The largest absolute Gasteiger partial charge is 0.459 e. The van der Waals surface area contributed by atoms with E-state index < -0.39 is 47.4 Å². The minimum atomic E-state index is -2.92. The highest BCUT2D eigenvalue weighted by atomic mass is 32.2. The van der Waals surface area contributed by atoms with Crippen LogP contribution in [0, 0.1) is 0 Å². The molecule has 2 atom stereocenters. The molecule has 30 heavy (non-hydrogen) atoms. The number of nitrogens with zero attached hydrogens (tertiary/aromatic N) is 4. The summed E-state index contributed by atoms with van der Waals surface area (Å²) in [7, 11) is 0. The fourth-order valence-electron chi connectivity index (χ4n) is 3.27. The number of thioether (sulfide) groups is 1. The highest BCUT2D eigenvalue weighted by Gasteiger charge is 2.47. The number of fused-ring (bicyclic) bond motifs is 1. The number of hydrazone groups is 1. The standard InChI is InChI=1S/C17H24F2N6O4S/c1-16(2,3)29-9(26)7-25-13-11(10(23-25)12(20)27)21-14(30-13)22-15(28)24-6-4-5-17(18,19)8-24/h11,13H,4-8H2,1-3H3,(H2,20,27)(H,21,22,28). The highest BCUT2D eigenvalue weighted by molar-refractivity contribution is 8.14. The Balaban J connectivity index is 1.67. The van der Waals surface area contributed by atoms with E-state index in [2.05, 4.69) is 15.4 Å². The number of nitrogens with two attached hydrogens (primary N) is 1. The van der Waals surface area contributed by atoms with Crippen LogP contribution in [0.1, 0.15) is 33.6 Å². The van der Waals surface area contributed by atoms with E-state index in [1.807, 2.05) is 0 Å². The average molecular weight is 446 g/mol. The molecule has 3 amide bonds. The van der Waals surface area contributed by atoms with E-state index in [0.29, 0.717) is 0 Å². The second-order valence-corrected chi connectivity index (χ2v) is 9.34. The van der Waals surface area contributed by atoms with E-state index in [1.54, 1.807) is 20.8 Å². The Hall–Kier alpha value is -2.44. The van der Waals surface area contributed by atoms with E-state index in [1.165, 1.54) is 5.01 Å². The van der Waals surface area contributed by atoms with Gasteiger partial charge in [-0.1, -0.05) is 11.8 Å². The maximum absolute atomic E-state index is 13.6. The number of nitrogens with one attached hydrogen (secondary N) is 1. The summed E-state index contributed by atoms with van der Waals surface area (Å²) in [5.41, 5.74) is 4.63. The molecule has 13 heteroatoms. The van der Waals surface area contributed by atoms with Crippen molar-refractivity contribution in [2.75, 3.05) is 19.6 Å². The third-order valence-electron chi connectivity index (χ3n) is 4.43. The smallest absolute Gasteiger partial charge is 0.327 e. The van der Waals surface area contributed by atoms with Crippen molar-refractivity contribution in [3.63, 3.8) is 0 Å². The number of aliphatic imine (C=N–C) groups is 1. The molecule has 2 unspecified atom stereocenters. The maximum atomic E-state index is 13.6. The molecule has 1 saturated heterocycles. The monoisotopic (exact) mass is 446 g/mol. The predicted octanol–water partition coefficient (Wildman–Crippen LogP) is 0.723. The average Bonchev–Trinajstić information content (AvgIpc) is 3.11. The molecule has 166 valence electrons. The van der Waals surface area contributed by atoms with Crippen molar-refractivity contribution in [3.05, 3.63) is 0 Å². The molecular formula is C17H24F2N6O4S. The van der Waals surface area contributed by atoms with Gasteiger partial charge in [-0.2, -0.15) is 5.10 Å². The lowest BCUT2D eigenvalue weighted by Gasteiger charge is -2.32. The molecule has 0 aliphatic carbocycles. The topological polar surface area (TPSA) is 130 Å². The summed E-state index contributed by atoms with van der Waals surface area (Å²) in [6.07, 6.45) is -0.0535. The normalized spacial score (nSPS) is 25.4. The lowest BCUT2D eigenvalue weighted by molar-refractivity contribution is -0.156. The molecule has 0 radical (unpaired) electrons. The van der Waals surface area contributed by atoms with E-state index >= 15 is 0 Å². The Kier molecular flexibility index (Phi) is 5.94. The number of alkyl halides is 2. The van der Waals surface area contributed by atoms with E-state index in [0.717, 1.165) is 16.7 Å². The van der Waals surface area contributed by atoms with Crippen molar-refractivity contribution in [2.45, 2.75) is 56.6 Å². The zero-order valence-electron chi connectivity index (χ0n) is 16.9. The molecule has 0 aromatic heterocycles. The Labute approximate surface area is 176 Å². The van der Waals surface area contributed by atoms with Crippen molar-refractivity contribution in [1.29, 1.82) is 0 Å². The Morgan fingerprint density at radius 3 is 2.67 bits per heavy atom. The third-order valence-corrected chi connectivity index (χ3v) is 5.60. The van der Waals surface area contributed by atoms with Crippen LogP contribution in [0.3, 0.4) is 0 Å². The van der Waals surface area contributed by atoms with Gasteiger partial charge in [0.05, 0.1) is 6.54 Å². The zero-order chi connectivity index (χ0) is 22.3. The summed E-state index contributed by atoms with van der Waals surface area (Å²) in [5, 5.41) is 7.49. The lowest BCUT2D eigenvalue weighted by Crippen LogP contribution is -2.50. The van der Waals surface area contributed by atoms with Gasteiger partial charge < -0.3 is 15.4 Å². The molecule has 3 heterocycles. The molecule has 3 rings (SSSR count). The second-order valence-electron chi connectivity index (χ2n) is 8.23. The first-order valence-electron chi connectivity index (χ1n) is 9.40. The van der Waals surface area contributed by atoms with Crippen molar-refractivity contribution in [1.82, 2.24) is 15.2 Å². The number of hydrogen-bond acceptors (Lipinski definition) is 8. The number of ether oxygens (including phenoxy) is 1. The Bertz CT molecular complexity index is 813. The molecule has 0 spiro atoms. The number of urea groups is 1. The molecule has 0 saturated carbocycles. The Morgan fingerprint density at radius 1 is 1.37 bits per heavy atom. The predicted molar refractivity (Wildman–Crippen MR) is 106 cm³/mol. The first-order valence-corrected chi connectivity index (χ1v) is 10.3. The number of piperidine rings is 1. The molecule has 0 aromatic carbocycles.